The summed E-state index contributed by atoms with van der Waals surface area (Å²) in [7, 11) is 0. The normalized spacial score (nSPS) is 21.6. The molecule has 1 heterocycles. The van der Waals surface area contributed by atoms with Gasteiger partial charge in [-0.15, -0.1) is 0 Å². The van der Waals surface area contributed by atoms with Gasteiger partial charge in [0.25, 0.3) is 0 Å². The molecule has 0 saturated carbocycles. The van der Waals surface area contributed by atoms with Crippen LogP contribution in [0.5, 0.6) is 0 Å². The van der Waals surface area contributed by atoms with Crippen LogP contribution in [0.3, 0.4) is 0 Å². The summed E-state index contributed by atoms with van der Waals surface area (Å²) in [5, 5.41) is 0. The van der Waals surface area contributed by atoms with E-state index in [1.165, 1.54) is 33.5 Å². The van der Waals surface area contributed by atoms with E-state index in [0.717, 1.165) is 13.0 Å². The van der Waals surface area contributed by atoms with Gasteiger partial charge in [-0.05, 0) is 56.9 Å². The molecule has 2 aromatic rings. The molecule has 1 fully saturated rings. The summed E-state index contributed by atoms with van der Waals surface area (Å²) in [6, 6.07) is 15.4. The Kier molecular flexibility index (Phi) is 5.39. The Hall–Kier alpha value is -2.54. The van der Waals surface area contributed by atoms with Crippen LogP contribution in [0.1, 0.15) is 38.3 Å². The molecule has 0 bridgehead atoms. The minimum absolute atomic E-state index is 0.0432. The van der Waals surface area contributed by atoms with Gasteiger partial charge in [0.1, 0.15) is 0 Å². The maximum absolute atomic E-state index is 4.07. The molecule has 0 radical (unpaired) electrons. The summed E-state index contributed by atoms with van der Waals surface area (Å²) in [5.74, 6) is 0. The Bertz CT molecular complexity index is 917. The molecule has 0 amide bonds. The van der Waals surface area contributed by atoms with Gasteiger partial charge in [-0.1, -0.05) is 80.3 Å². The fourth-order valence-corrected chi connectivity index (χ4v) is 5.04. The van der Waals surface area contributed by atoms with Gasteiger partial charge in [-0.25, -0.2) is 0 Å². The summed E-state index contributed by atoms with van der Waals surface area (Å²) < 4.78 is 0. The number of nitrogens with zero attached hydrogens (tertiary/aromatic N) is 1. The monoisotopic (exact) mass is 371 g/mol. The van der Waals surface area contributed by atoms with Crippen LogP contribution in [-0.2, 0) is 0 Å². The van der Waals surface area contributed by atoms with Gasteiger partial charge in [0.05, 0.1) is 0 Å². The molecule has 0 aliphatic carbocycles. The van der Waals surface area contributed by atoms with Gasteiger partial charge in [-0.2, -0.15) is 0 Å². The lowest BCUT2D eigenvalue weighted by Crippen LogP contribution is -2.39. The second-order valence-electron chi connectivity index (χ2n) is 9.04. The second kappa shape index (κ2) is 7.47. The van der Waals surface area contributed by atoms with Crippen LogP contribution in [0.4, 0.5) is 5.69 Å². The highest BCUT2D eigenvalue weighted by molar-refractivity contribution is 5.82. The summed E-state index contributed by atoms with van der Waals surface area (Å²) in [6.45, 7) is 20.5. The molecule has 1 atom stereocenters. The zero-order valence-corrected chi connectivity index (χ0v) is 18.0. The van der Waals surface area contributed by atoms with Gasteiger partial charge in [0.15, 0.2) is 0 Å². The summed E-state index contributed by atoms with van der Waals surface area (Å²) in [4.78, 5) is 2.62. The molecule has 2 aromatic carbocycles. The third-order valence-electron chi connectivity index (χ3n) is 6.07. The topological polar surface area (TPSA) is 3.24 Å². The van der Waals surface area contributed by atoms with Gasteiger partial charge in [0, 0.05) is 28.7 Å². The van der Waals surface area contributed by atoms with E-state index >= 15 is 0 Å². The molecule has 146 valence electrons. The summed E-state index contributed by atoms with van der Waals surface area (Å²) in [5.41, 5.74) is 7.95. The molecule has 0 spiro atoms. The number of benzene rings is 2. The predicted molar refractivity (Wildman–Crippen MR) is 124 cm³/mol. The van der Waals surface area contributed by atoms with Gasteiger partial charge < -0.3 is 4.90 Å². The van der Waals surface area contributed by atoms with E-state index in [0.29, 0.717) is 0 Å². The van der Waals surface area contributed by atoms with Crippen LogP contribution in [0.2, 0.25) is 0 Å². The minimum atomic E-state index is 0.0432. The van der Waals surface area contributed by atoms with E-state index in [1.54, 1.807) is 0 Å². The first-order valence-electron chi connectivity index (χ1n) is 10.1. The fraction of sp³-hybridized carbons (Fsp3) is 0.333. The van der Waals surface area contributed by atoms with Crippen molar-refractivity contribution >= 4 is 5.69 Å². The first-order valence-corrected chi connectivity index (χ1v) is 10.1. The highest BCUT2D eigenvalue weighted by atomic mass is 15.2. The van der Waals surface area contributed by atoms with E-state index in [4.69, 9.17) is 0 Å². The van der Waals surface area contributed by atoms with E-state index in [2.05, 4.69) is 101 Å². The smallest absolute Gasteiger partial charge is 0.0480 e. The first-order chi connectivity index (χ1) is 13.2. The fourth-order valence-electron chi connectivity index (χ4n) is 5.04. The Morgan fingerprint density at radius 1 is 1.04 bits per heavy atom. The highest BCUT2D eigenvalue weighted by Gasteiger charge is 2.47. The number of anilines is 1. The van der Waals surface area contributed by atoms with Crippen LogP contribution in [0, 0.1) is 19.3 Å². The second-order valence-corrected chi connectivity index (χ2v) is 9.04. The zero-order chi connectivity index (χ0) is 20.5. The summed E-state index contributed by atoms with van der Waals surface area (Å²) in [6.07, 6.45) is 7.08. The van der Waals surface area contributed by atoms with Crippen LogP contribution >= 0.6 is 0 Å². The van der Waals surface area contributed by atoms with Crippen molar-refractivity contribution in [2.24, 2.45) is 5.41 Å². The Balaban J connectivity index is 2.17. The number of allylic oxidation sites excluding steroid dienone is 3. The average molecular weight is 372 g/mol. The van der Waals surface area contributed by atoms with Gasteiger partial charge in [0.2, 0.25) is 0 Å². The van der Waals surface area contributed by atoms with E-state index in [9.17, 15) is 0 Å². The molecule has 1 aliphatic rings. The van der Waals surface area contributed by atoms with Gasteiger partial charge in [-0.3, -0.25) is 0 Å². The first kappa shape index (κ1) is 20.2. The van der Waals surface area contributed by atoms with Crippen LogP contribution in [0.25, 0.3) is 11.1 Å². The molecule has 1 saturated heterocycles. The molecule has 1 heteroatoms. The van der Waals surface area contributed by atoms with Crippen molar-refractivity contribution in [3.63, 3.8) is 0 Å². The number of hydrogen-bond acceptors (Lipinski definition) is 1. The molecule has 3 rings (SSSR count). The molecule has 1 nitrogen and oxygen atoms in total. The van der Waals surface area contributed by atoms with E-state index in [-0.39, 0.29) is 11.0 Å². The molecule has 1 aliphatic heterocycles. The quantitative estimate of drug-likeness (QED) is 0.500. The Morgan fingerprint density at radius 2 is 1.71 bits per heavy atom. The molecule has 28 heavy (non-hydrogen) atoms. The van der Waals surface area contributed by atoms with Crippen molar-refractivity contribution in [3.05, 3.63) is 90.6 Å². The van der Waals surface area contributed by atoms with E-state index in [1.807, 2.05) is 12.2 Å². The average Bonchev–Trinajstić information content (AvgIpc) is 2.89. The lowest BCUT2D eigenvalue weighted by atomic mass is 9.77. The lowest BCUT2D eigenvalue weighted by Gasteiger charge is -2.36. The molecule has 0 N–H and O–H groups in total. The lowest BCUT2D eigenvalue weighted by molar-refractivity contribution is 0.403. The van der Waals surface area contributed by atoms with Crippen LogP contribution in [0.15, 0.2) is 79.4 Å². The van der Waals surface area contributed by atoms with Crippen LogP contribution in [-0.4, -0.2) is 12.1 Å². The van der Waals surface area contributed by atoms with Crippen molar-refractivity contribution in [1.82, 2.24) is 0 Å². The van der Waals surface area contributed by atoms with Crippen LogP contribution < -0.4 is 4.90 Å². The minimum Gasteiger partial charge on any atom is -0.365 e. The van der Waals surface area contributed by atoms with E-state index < -0.39 is 0 Å². The number of hydrogen-bond donors (Lipinski definition) is 0. The maximum Gasteiger partial charge on any atom is 0.0480 e. The van der Waals surface area contributed by atoms with Crippen molar-refractivity contribution in [2.45, 2.75) is 46.6 Å². The number of rotatable bonds is 5. The summed E-state index contributed by atoms with van der Waals surface area (Å²) >= 11 is 0. The Morgan fingerprint density at radius 3 is 2.32 bits per heavy atom. The van der Waals surface area contributed by atoms with Crippen molar-refractivity contribution < 1.29 is 0 Å². The Labute approximate surface area is 171 Å². The molecule has 1 unspecified atom stereocenters. The molecule has 0 aromatic heterocycles. The third-order valence-corrected chi connectivity index (χ3v) is 6.07. The SMILES string of the molecule is C=C/C=C(\C=C)C1(C)CN(c2c(C)cc(C)cc2-c2ccccc2)C(C)(C)C1. The largest absolute Gasteiger partial charge is 0.365 e. The van der Waals surface area contributed by atoms with Gasteiger partial charge >= 0.3 is 0 Å². The zero-order valence-electron chi connectivity index (χ0n) is 18.0. The van der Waals surface area contributed by atoms with Crippen molar-refractivity contribution in [2.75, 3.05) is 11.4 Å². The number of aryl methyl sites for hydroxylation is 2. The van der Waals surface area contributed by atoms with Crippen molar-refractivity contribution in [1.29, 1.82) is 0 Å². The van der Waals surface area contributed by atoms with Crippen molar-refractivity contribution in [3.8, 4) is 11.1 Å². The maximum atomic E-state index is 4.07. The standard InChI is InChI=1S/C27H33N/c1-8-13-23(9-2)27(7)18-26(5,6)28(19-27)25-21(4)16-20(3)17-24(25)22-14-11-10-12-15-22/h8-17H,1-2,18-19H2,3-7H3/b23-13+. The predicted octanol–water partition coefficient (Wildman–Crippen LogP) is 7.26. The highest BCUT2D eigenvalue weighted by Crippen LogP contribution is 2.50. The third kappa shape index (κ3) is 3.58. The molecular weight excluding hydrogens is 338 g/mol. The molecular formula is C27H33N.